The fraction of sp³-hybridized carbons (Fsp3) is 0.133. The summed E-state index contributed by atoms with van der Waals surface area (Å²) in [6.07, 6.45) is 0.214. The van der Waals surface area contributed by atoms with E-state index >= 15 is 0 Å². The number of anilines is 1. The van der Waals surface area contributed by atoms with Gasteiger partial charge in [-0.15, -0.1) is 0 Å². The van der Waals surface area contributed by atoms with Crippen LogP contribution < -0.4 is 10.1 Å². The lowest BCUT2D eigenvalue weighted by molar-refractivity contribution is -0.115. The van der Waals surface area contributed by atoms with Crippen LogP contribution in [0.15, 0.2) is 48.5 Å². The highest BCUT2D eigenvalue weighted by Gasteiger charge is 2.05. The molecule has 19 heavy (non-hydrogen) atoms. The quantitative estimate of drug-likeness (QED) is 0.885. The summed E-state index contributed by atoms with van der Waals surface area (Å²) in [6, 6.07) is 13.8. The SMILES string of the molecule is COc1cccc(NC(=O)Cc2cccc(O)c2)c1. The molecule has 0 atom stereocenters. The molecule has 4 nitrogen and oxygen atoms in total. The average molecular weight is 257 g/mol. The van der Waals surface area contributed by atoms with E-state index in [0.29, 0.717) is 11.4 Å². The molecule has 4 heteroatoms. The van der Waals surface area contributed by atoms with Crippen molar-refractivity contribution in [2.24, 2.45) is 0 Å². The Morgan fingerprint density at radius 2 is 2.00 bits per heavy atom. The molecule has 1 amide bonds. The normalized spacial score (nSPS) is 9.95. The zero-order chi connectivity index (χ0) is 13.7. The molecule has 0 aliphatic heterocycles. The van der Waals surface area contributed by atoms with Crippen LogP contribution in [-0.4, -0.2) is 18.1 Å². The molecule has 0 unspecified atom stereocenters. The van der Waals surface area contributed by atoms with Crippen molar-refractivity contribution in [2.45, 2.75) is 6.42 Å². The van der Waals surface area contributed by atoms with Crippen molar-refractivity contribution in [1.29, 1.82) is 0 Å². The van der Waals surface area contributed by atoms with Crippen LogP contribution in [-0.2, 0) is 11.2 Å². The number of rotatable bonds is 4. The monoisotopic (exact) mass is 257 g/mol. The van der Waals surface area contributed by atoms with Gasteiger partial charge in [0.1, 0.15) is 11.5 Å². The number of phenolic OH excluding ortho intramolecular Hbond substituents is 1. The highest BCUT2D eigenvalue weighted by Crippen LogP contribution is 2.17. The minimum atomic E-state index is -0.140. The summed E-state index contributed by atoms with van der Waals surface area (Å²) in [5.74, 6) is 0.709. The van der Waals surface area contributed by atoms with Crippen molar-refractivity contribution in [3.8, 4) is 11.5 Å². The Morgan fingerprint density at radius 3 is 2.74 bits per heavy atom. The first kappa shape index (κ1) is 13.0. The molecule has 2 N–H and O–H groups in total. The highest BCUT2D eigenvalue weighted by atomic mass is 16.5. The average Bonchev–Trinajstić information content (AvgIpc) is 2.38. The number of hydrogen-bond donors (Lipinski definition) is 2. The second-order valence-electron chi connectivity index (χ2n) is 4.13. The summed E-state index contributed by atoms with van der Waals surface area (Å²) < 4.78 is 5.09. The van der Waals surface area contributed by atoms with Gasteiger partial charge in [-0.05, 0) is 29.8 Å². The number of benzene rings is 2. The number of amides is 1. The van der Waals surface area contributed by atoms with E-state index in [0.717, 1.165) is 5.56 Å². The molecule has 0 aliphatic carbocycles. The molecule has 0 saturated carbocycles. The highest BCUT2D eigenvalue weighted by molar-refractivity contribution is 5.92. The number of methoxy groups -OCH3 is 1. The number of carbonyl (C=O) groups excluding carboxylic acids is 1. The summed E-state index contributed by atoms with van der Waals surface area (Å²) in [6.45, 7) is 0. The van der Waals surface area contributed by atoms with E-state index in [1.165, 1.54) is 0 Å². The fourth-order valence-electron chi connectivity index (χ4n) is 1.76. The summed E-state index contributed by atoms with van der Waals surface area (Å²) >= 11 is 0. The van der Waals surface area contributed by atoms with Gasteiger partial charge in [0, 0.05) is 11.8 Å². The van der Waals surface area contributed by atoms with Crippen LogP contribution in [0.2, 0.25) is 0 Å². The van der Waals surface area contributed by atoms with Gasteiger partial charge >= 0.3 is 0 Å². The van der Waals surface area contributed by atoms with Crippen molar-refractivity contribution in [3.05, 3.63) is 54.1 Å². The molecular formula is C15H15NO3. The summed E-state index contributed by atoms with van der Waals surface area (Å²) in [5, 5.41) is 12.1. The lowest BCUT2D eigenvalue weighted by atomic mass is 10.1. The van der Waals surface area contributed by atoms with E-state index in [1.807, 2.05) is 12.1 Å². The largest absolute Gasteiger partial charge is 0.508 e. The molecular weight excluding hydrogens is 242 g/mol. The predicted octanol–water partition coefficient (Wildman–Crippen LogP) is 2.58. The Morgan fingerprint density at radius 1 is 1.21 bits per heavy atom. The third-order valence-electron chi connectivity index (χ3n) is 2.63. The van der Waals surface area contributed by atoms with Crippen LogP contribution in [0.4, 0.5) is 5.69 Å². The topological polar surface area (TPSA) is 58.6 Å². The predicted molar refractivity (Wildman–Crippen MR) is 73.4 cm³/mol. The zero-order valence-electron chi connectivity index (χ0n) is 10.6. The molecule has 0 heterocycles. The molecule has 0 spiro atoms. The zero-order valence-corrected chi connectivity index (χ0v) is 10.6. The third-order valence-corrected chi connectivity index (χ3v) is 2.63. The van der Waals surface area contributed by atoms with Gasteiger partial charge in [-0.25, -0.2) is 0 Å². The van der Waals surface area contributed by atoms with Gasteiger partial charge in [-0.2, -0.15) is 0 Å². The summed E-state index contributed by atoms with van der Waals surface area (Å²) in [5.41, 5.74) is 1.45. The van der Waals surface area contributed by atoms with Gasteiger partial charge in [-0.3, -0.25) is 4.79 Å². The van der Waals surface area contributed by atoms with E-state index in [2.05, 4.69) is 5.32 Å². The lowest BCUT2D eigenvalue weighted by Gasteiger charge is -2.07. The molecule has 0 bridgehead atoms. The Kier molecular flexibility index (Phi) is 4.03. The maximum absolute atomic E-state index is 11.9. The smallest absolute Gasteiger partial charge is 0.228 e. The summed E-state index contributed by atoms with van der Waals surface area (Å²) in [4.78, 5) is 11.9. The number of ether oxygens (including phenoxy) is 1. The maximum atomic E-state index is 11.9. The van der Waals surface area contributed by atoms with Crippen molar-refractivity contribution in [1.82, 2.24) is 0 Å². The Balaban J connectivity index is 2.01. The van der Waals surface area contributed by atoms with Gasteiger partial charge in [0.2, 0.25) is 5.91 Å². The Bertz CT molecular complexity index is 581. The van der Waals surface area contributed by atoms with Crippen LogP contribution in [0.1, 0.15) is 5.56 Å². The first-order valence-electron chi connectivity index (χ1n) is 5.89. The van der Waals surface area contributed by atoms with Crippen molar-refractivity contribution >= 4 is 11.6 Å². The number of nitrogens with one attached hydrogen (secondary N) is 1. The Hall–Kier alpha value is -2.49. The Labute approximate surface area is 111 Å². The maximum Gasteiger partial charge on any atom is 0.228 e. The van der Waals surface area contributed by atoms with E-state index in [4.69, 9.17) is 4.74 Å². The van der Waals surface area contributed by atoms with Gasteiger partial charge in [0.15, 0.2) is 0 Å². The van der Waals surface area contributed by atoms with Crippen LogP contribution in [0.3, 0.4) is 0 Å². The number of carbonyl (C=O) groups is 1. The first-order valence-corrected chi connectivity index (χ1v) is 5.89. The van der Waals surface area contributed by atoms with Crippen LogP contribution in [0.5, 0.6) is 11.5 Å². The van der Waals surface area contributed by atoms with Gasteiger partial charge in [0.25, 0.3) is 0 Å². The standard InChI is InChI=1S/C15H15NO3/c1-19-14-7-3-5-12(10-14)16-15(18)9-11-4-2-6-13(17)8-11/h2-8,10,17H,9H2,1H3,(H,16,18). The van der Waals surface area contributed by atoms with E-state index in [9.17, 15) is 9.90 Å². The second kappa shape index (κ2) is 5.91. The van der Waals surface area contributed by atoms with E-state index in [1.54, 1.807) is 43.5 Å². The molecule has 98 valence electrons. The molecule has 0 saturated heterocycles. The molecule has 0 aromatic heterocycles. The van der Waals surface area contributed by atoms with Gasteiger partial charge in [0.05, 0.1) is 13.5 Å². The molecule has 0 fully saturated rings. The lowest BCUT2D eigenvalue weighted by Crippen LogP contribution is -2.14. The summed E-state index contributed by atoms with van der Waals surface area (Å²) in [7, 11) is 1.58. The van der Waals surface area contributed by atoms with Crippen molar-refractivity contribution in [3.63, 3.8) is 0 Å². The van der Waals surface area contributed by atoms with Gasteiger partial charge in [-0.1, -0.05) is 18.2 Å². The minimum absolute atomic E-state index is 0.140. The fourth-order valence-corrected chi connectivity index (χ4v) is 1.76. The van der Waals surface area contributed by atoms with E-state index in [-0.39, 0.29) is 18.1 Å². The first-order chi connectivity index (χ1) is 9.17. The molecule has 2 aromatic carbocycles. The molecule has 2 rings (SSSR count). The van der Waals surface area contributed by atoms with E-state index < -0.39 is 0 Å². The minimum Gasteiger partial charge on any atom is -0.508 e. The molecule has 0 aliphatic rings. The van der Waals surface area contributed by atoms with Gasteiger partial charge < -0.3 is 15.2 Å². The van der Waals surface area contributed by atoms with Crippen LogP contribution >= 0.6 is 0 Å². The van der Waals surface area contributed by atoms with Crippen LogP contribution in [0, 0.1) is 0 Å². The number of phenols is 1. The molecule has 0 radical (unpaired) electrons. The van der Waals surface area contributed by atoms with Crippen LogP contribution in [0.25, 0.3) is 0 Å². The number of hydrogen-bond acceptors (Lipinski definition) is 3. The number of aromatic hydroxyl groups is 1. The van der Waals surface area contributed by atoms with Crippen molar-refractivity contribution in [2.75, 3.05) is 12.4 Å². The second-order valence-corrected chi connectivity index (χ2v) is 4.13. The third kappa shape index (κ3) is 3.74. The molecule has 2 aromatic rings. The van der Waals surface area contributed by atoms with Crippen molar-refractivity contribution < 1.29 is 14.6 Å².